The van der Waals surface area contributed by atoms with Crippen molar-refractivity contribution in [3.05, 3.63) is 0 Å². The minimum atomic E-state index is -0.173. The highest BCUT2D eigenvalue weighted by atomic mass is 16.5. The van der Waals surface area contributed by atoms with E-state index in [4.69, 9.17) is 14.9 Å². The zero-order valence-electron chi connectivity index (χ0n) is 7.20. The molecule has 0 bridgehead atoms. The lowest BCUT2D eigenvalue weighted by molar-refractivity contribution is 0.0660. The Morgan fingerprint density at radius 3 is 2.33 bits per heavy atom. The molecule has 1 heterocycles. The summed E-state index contributed by atoms with van der Waals surface area (Å²) < 4.78 is 5.18. The van der Waals surface area contributed by atoms with E-state index in [-0.39, 0.29) is 19.3 Å². The van der Waals surface area contributed by atoms with Gasteiger partial charge in [0, 0.05) is 19.3 Å². The van der Waals surface area contributed by atoms with E-state index in [1.165, 1.54) is 0 Å². The zero-order chi connectivity index (χ0) is 8.81. The molecule has 12 heavy (non-hydrogen) atoms. The number of ether oxygens (including phenoxy) is 1. The average Bonchev–Trinajstić information content (AvgIpc) is 2.16. The standard InChI is InChI=1S/C8H17NO3/c10-5-8(6-11)9-7-1-3-12-4-2-7/h7-11H,1-6H2. The van der Waals surface area contributed by atoms with Gasteiger partial charge in [0.2, 0.25) is 0 Å². The van der Waals surface area contributed by atoms with Crippen molar-refractivity contribution in [1.29, 1.82) is 0 Å². The molecule has 0 aromatic heterocycles. The molecule has 0 spiro atoms. The van der Waals surface area contributed by atoms with Gasteiger partial charge in [-0.2, -0.15) is 0 Å². The summed E-state index contributed by atoms with van der Waals surface area (Å²) >= 11 is 0. The molecule has 0 radical (unpaired) electrons. The van der Waals surface area contributed by atoms with Crippen LogP contribution in [0.4, 0.5) is 0 Å². The third-order valence-electron chi connectivity index (χ3n) is 2.13. The first-order valence-electron chi connectivity index (χ1n) is 4.42. The summed E-state index contributed by atoms with van der Waals surface area (Å²) in [5.74, 6) is 0. The highest BCUT2D eigenvalue weighted by Crippen LogP contribution is 2.06. The maximum atomic E-state index is 8.80. The molecular weight excluding hydrogens is 158 g/mol. The summed E-state index contributed by atoms with van der Waals surface area (Å²) in [4.78, 5) is 0. The Labute approximate surface area is 72.5 Å². The first-order chi connectivity index (χ1) is 5.86. The molecule has 0 amide bonds. The quantitative estimate of drug-likeness (QED) is 0.518. The van der Waals surface area contributed by atoms with Crippen molar-refractivity contribution in [2.75, 3.05) is 26.4 Å². The Hall–Kier alpha value is -0.160. The van der Waals surface area contributed by atoms with Gasteiger partial charge in [-0.05, 0) is 12.8 Å². The van der Waals surface area contributed by atoms with Crippen LogP contribution in [0.25, 0.3) is 0 Å². The van der Waals surface area contributed by atoms with Crippen LogP contribution in [0.3, 0.4) is 0 Å². The number of aliphatic hydroxyl groups is 2. The predicted octanol–water partition coefficient (Wildman–Crippen LogP) is -0.892. The molecule has 1 aliphatic heterocycles. The molecule has 0 unspecified atom stereocenters. The zero-order valence-corrected chi connectivity index (χ0v) is 7.20. The Balaban J connectivity index is 2.18. The van der Waals surface area contributed by atoms with Crippen molar-refractivity contribution in [3.63, 3.8) is 0 Å². The smallest absolute Gasteiger partial charge is 0.0607 e. The molecule has 0 aliphatic carbocycles. The second kappa shape index (κ2) is 5.48. The van der Waals surface area contributed by atoms with Gasteiger partial charge in [-0.15, -0.1) is 0 Å². The first-order valence-corrected chi connectivity index (χ1v) is 4.42. The van der Waals surface area contributed by atoms with Gasteiger partial charge in [0.05, 0.1) is 19.3 Å². The summed E-state index contributed by atoms with van der Waals surface area (Å²) in [5, 5.41) is 20.8. The van der Waals surface area contributed by atoms with Gasteiger partial charge in [0.25, 0.3) is 0 Å². The number of aliphatic hydroxyl groups excluding tert-OH is 2. The van der Waals surface area contributed by atoms with Crippen molar-refractivity contribution in [1.82, 2.24) is 5.32 Å². The highest BCUT2D eigenvalue weighted by molar-refractivity contribution is 4.75. The van der Waals surface area contributed by atoms with Gasteiger partial charge < -0.3 is 20.3 Å². The van der Waals surface area contributed by atoms with Crippen LogP contribution in [0.1, 0.15) is 12.8 Å². The molecule has 1 aliphatic rings. The fourth-order valence-electron chi connectivity index (χ4n) is 1.36. The number of rotatable bonds is 4. The van der Waals surface area contributed by atoms with Gasteiger partial charge in [-0.1, -0.05) is 0 Å². The molecule has 0 aromatic carbocycles. The number of hydrogen-bond acceptors (Lipinski definition) is 4. The minimum Gasteiger partial charge on any atom is -0.395 e. The lowest BCUT2D eigenvalue weighted by atomic mass is 10.1. The van der Waals surface area contributed by atoms with E-state index in [0.29, 0.717) is 6.04 Å². The van der Waals surface area contributed by atoms with Crippen LogP contribution in [-0.2, 0) is 4.74 Å². The monoisotopic (exact) mass is 175 g/mol. The molecular formula is C8H17NO3. The van der Waals surface area contributed by atoms with Crippen molar-refractivity contribution in [3.8, 4) is 0 Å². The molecule has 4 nitrogen and oxygen atoms in total. The van der Waals surface area contributed by atoms with E-state index in [0.717, 1.165) is 26.1 Å². The van der Waals surface area contributed by atoms with Crippen molar-refractivity contribution >= 4 is 0 Å². The van der Waals surface area contributed by atoms with E-state index in [1.807, 2.05) is 0 Å². The van der Waals surface area contributed by atoms with Gasteiger partial charge in [-0.25, -0.2) is 0 Å². The fourth-order valence-corrected chi connectivity index (χ4v) is 1.36. The third kappa shape index (κ3) is 3.06. The van der Waals surface area contributed by atoms with Crippen molar-refractivity contribution in [2.24, 2.45) is 0 Å². The fraction of sp³-hybridized carbons (Fsp3) is 1.00. The minimum absolute atomic E-state index is 0.00609. The van der Waals surface area contributed by atoms with Gasteiger partial charge in [0.1, 0.15) is 0 Å². The summed E-state index contributed by atoms with van der Waals surface area (Å²) in [6.07, 6.45) is 1.94. The van der Waals surface area contributed by atoms with Crippen LogP contribution in [0.5, 0.6) is 0 Å². The second-order valence-electron chi connectivity index (χ2n) is 3.12. The largest absolute Gasteiger partial charge is 0.395 e. The van der Waals surface area contributed by atoms with Crippen LogP contribution in [0.15, 0.2) is 0 Å². The highest BCUT2D eigenvalue weighted by Gasteiger charge is 2.16. The number of nitrogens with one attached hydrogen (secondary N) is 1. The topological polar surface area (TPSA) is 61.7 Å². The van der Waals surface area contributed by atoms with E-state index in [2.05, 4.69) is 5.32 Å². The molecule has 72 valence electrons. The summed E-state index contributed by atoms with van der Waals surface area (Å²) in [6, 6.07) is 0.219. The molecule has 3 N–H and O–H groups in total. The molecule has 4 heteroatoms. The van der Waals surface area contributed by atoms with Gasteiger partial charge in [0.15, 0.2) is 0 Å². The van der Waals surface area contributed by atoms with Gasteiger partial charge >= 0.3 is 0 Å². The predicted molar refractivity (Wildman–Crippen MR) is 44.9 cm³/mol. The summed E-state index contributed by atoms with van der Waals surface area (Å²) in [7, 11) is 0. The maximum absolute atomic E-state index is 8.80. The van der Waals surface area contributed by atoms with Crippen LogP contribution < -0.4 is 5.32 Å². The number of hydrogen-bond donors (Lipinski definition) is 3. The van der Waals surface area contributed by atoms with Gasteiger partial charge in [-0.3, -0.25) is 0 Å². The Morgan fingerprint density at radius 2 is 1.83 bits per heavy atom. The SMILES string of the molecule is OCC(CO)NC1CCOCC1. The van der Waals surface area contributed by atoms with E-state index in [1.54, 1.807) is 0 Å². The molecule has 0 saturated carbocycles. The molecule has 1 fully saturated rings. The van der Waals surface area contributed by atoms with Crippen LogP contribution in [0.2, 0.25) is 0 Å². The van der Waals surface area contributed by atoms with E-state index in [9.17, 15) is 0 Å². The Bertz CT molecular complexity index is 111. The normalized spacial score (nSPS) is 20.2. The molecule has 1 rings (SSSR count). The van der Waals surface area contributed by atoms with Crippen LogP contribution in [0, 0.1) is 0 Å². The summed E-state index contributed by atoms with van der Waals surface area (Å²) in [6.45, 7) is 1.55. The van der Waals surface area contributed by atoms with Crippen molar-refractivity contribution < 1.29 is 14.9 Å². The average molecular weight is 175 g/mol. The third-order valence-corrected chi connectivity index (χ3v) is 2.13. The molecule has 1 saturated heterocycles. The van der Waals surface area contributed by atoms with Crippen LogP contribution >= 0.6 is 0 Å². The van der Waals surface area contributed by atoms with E-state index < -0.39 is 0 Å². The van der Waals surface area contributed by atoms with Crippen LogP contribution in [-0.4, -0.2) is 48.7 Å². The first kappa shape index (κ1) is 9.92. The van der Waals surface area contributed by atoms with Crippen molar-refractivity contribution in [2.45, 2.75) is 24.9 Å². The Morgan fingerprint density at radius 1 is 1.25 bits per heavy atom. The summed E-state index contributed by atoms with van der Waals surface area (Å²) in [5.41, 5.74) is 0. The lowest BCUT2D eigenvalue weighted by Gasteiger charge is -2.26. The molecule has 0 atom stereocenters. The van der Waals surface area contributed by atoms with E-state index >= 15 is 0 Å². The Kier molecular flexibility index (Phi) is 4.53. The second-order valence-corrected chi connectivity index (χ2v) is 3.12. The maximum Gasteiger partial charge on any atom is 0.0607 e. The lowest BCUT2D eigenvalue weighted by Crippen LogP contribution is -2.45. The molecule has 0 aromatic rings.